The van der Waals surface area contributed by atoms with Gasteiger partial charge in [0.2, 0.25) is 0 Å². The van der Waals surface area contributed by atoms with Crippen molar-refractivity contribution < 1.29 is 13.9 Å². The fraction of sp³-hybridized carbons (Fsp3) is 0.200. The largest absolute Gasteiger partial charge is 0.396 e. The van der Waals surface area contributed by atoms with Gasteiger partial charge in [0.1, 0.15) is 11.6 Å². The molecule has 0 amide bonds. The Morgan fingerprint density at radius 2 is 1.17 bits per heavy atom. The minimum absolute atomic E-state index is 0.0272. The molecule has 0 bridgehead atoms. The maximum absolute atomic E-state index is 12.9. The number of halogens is 2. The summed E-state index contributed by atoms with van der Waals surface area (Å²) in [4.78, 5) is 0. The minimum atomic E-state index is -0.291. The third kappa shape index (κ3) is 2.93. The topological polar surface area (TPSA) is 20.2 Å². The third-order valence-electron chi connectivity index (χ3n) is 2.96. The lowest BCUT2D eigenvalue weighted by Crippen LogP contribution is -2.04. The minimum Gasteiger partial charge on any atom is -0.396 e. The molecule has 0 saturated heterocycles. The van der Waals surface area contributed by atoms with Crippen LogP contribution in [0.15, 0.2) is 48.5 Å². The van der Waals surface area contributed by atoms with Crippen LogP contribution in [0.4, 0.5) is 8.78 Å². The summed E-state index contributed by atoms with van der Waals surface area (Å²) in [6.07, 6.45) is 0.525. The molecule has 0 spiro atoms. The Morgan fingerprint density at radius 3 is 1.50 bits per heavy atom. The molecule has 18 heavy (non-hydrogen) atoms. The van der Waals surface area contributed by atoms with E-state index in [9.17, 15) is 8.78 Å². The van der Waals surface area contributed by atoms with Crippen LogP contribution < -0.4 is 0 Å². The molecule has 0 aliphatic rings. The molecule has 94 valence electrons. The van der Waals surface area contributed by atoms with Gasteiger partial charge >= 0.3 is 0 Å². The first-order chi connectivity index (χ1) is 8.70. The van der Waals surface area contributed by atoms with Gasteiger partial charge in [-0.3, -0.25) is 0 Å². The van der Waals surface area contributed by atoms with E-state index in [-0.39, 0.29) is 24.2 Å². The van der Waals surface area contributed by atoms with Crippen molar-refractivity contribution in [3.8, 4) is 0 Å². The summed E-state index contributed by atoms with van der Waals surface area (Å²) >= 11 is 0. The predicted octanol–water partition coefficient (Wildman–Crippen LogP) is 3.48. The Balaban J connectivity index is 2.33. The Bertz CT molecular complexity index is 445. The lowest BCUT2D eigenvalue weighted by molar-refractivity contribution is 0.281. The number of aliphatic hydroxyl groups is 1. The maximum atomic E-state index is 12.9. The summed E-state index contributed by atoms with van der Waals surface area (Å²) in [7, 11) is 0. The second-order valence-corrected chi connectivity index (χ2v) is 4.17. The van der Waals surface area contributed by atoms with Crippen LogP contribution in [0.5, 0.6) is 0 Å². The Hall–Kier alpha value is -1.74. The molecule has 0 saturated carbocycles. The second-order valence-electron chi connectivity index (χ2n) is 4.17. The molecule has 2 aromatic carbocycles. The molecular weight excluding hydrogens is 234 g/mol. The van der Waals surface area contributed by atoms with E-state index in [1.807, 2.05) is 0 Å². The zero-order valence-corrected chi connectivity index (χ0v) is 9.81. The summed E-state index contributed by atoms with van der Waals surface area (Å²) in [6.45, 7) is 0.0272. The van der Waals surface area contributed by atoms with Gasteiger partial charge in [-0.25, -0.2) is 8.78 Å². The summed E-state index contributed by atoms with van der Waals surface area (Å²) in [5.74, 6) is -0.627. The highest BCUT2D eigenvalue weighted by Gasteiger charge is 2.13. The molecule has 2 rings (SSSR count). The summed E-state index contributed by atoms with van der Waals surface area (Å²) in [5.41, 5.74) is 1.83. The van der Waals surface area contributed by atoms with E-state index in [2.05, 4.69) is 0 Å². The maximum Gasteiger partial charge on any atom is 0.123 e. The predicted molar refractivity (Wildman–Crippen MR) is 66.3 cm³/mol. The number of hydrogen-bond acceptors (Lipinski definition) is 1. The zero-order valence-electron chi connectivity index (χ0n) is 9.81. The van der Waals surface area contributed by atoms with E-state index in [0.717, 1.165) is 11.1 Å². The molecule has 0 atom stereocenters. The Labute approximate surface area is 105 Å². The van der Waals surface area contributed by atoms with Gasteiger partial charge in [-0.2, -0.15) is 0 Å². The lowest BCUT2D eigenvalue weighted by atomic mass is 9.89. The normalized spacial score (nSPS) is 10.9. The number of hydrogen-bond donors (Lipinski definition) is 1. The van der Waals surface area contributed by atoms with Crippen molar-refractivity contribution >= 4 is 0 Å². The lowest BCUT2D eigenvalue weighted by Gasteiger charge is -2.17. The average Bonchev–Trinajstić information content (AvgIpc) is 2.39. The first-order valence-corrected chi connectivity index (χ1v) is 5.82. The molecule has 0 aromatic heterocycles. The van der Waals surface area contributed by atoms with Crippen LogP contribution in [0.1, 0.15) is 23.5 Å². The molecule has 3 heteroatoms. The fourth-order valence-electron chi connectivity index (χ4n) is 2.05. The molecule has 0 radical (unpaired) electrons. The van der Waals surface area contributed by atoms with Gasteiger partial charge in [0.15, 0.2) is 0 Å². The van der Waals surface area contributed by atoms with Crippen molar-refractivity contribution in [2.45, 2.75) is 12.3 Å². The van der Waals surface area contributed by atoms with Crippen LogP contribution in [-0.4, -0.2) is 11.7 Å². The quantitative estimate of drug-likeness (QED) is 0.878. The Kier molecular flexibility index (Phi) is 4.05. The first kappa shape index (κ1) is 12.7. The third-order valence-corrected chi connectivity index (χ3v) is 2.96. The zero-order chi connectivity index (χ0) is 13.0. The van der Waals surface area contributed by atoms with E-state index in [4.69, 9.17) is 5.11 Å². The van der Waals surface area contributed by atoms with E-state index in [1.54, 1.807) is 24.3 Å². The second kappa shape index (κ2) is 5.74. The van der Waals surface area contributed by atoms with E-state index in [1.165, 1.54) is 24.3 Å². The van der Waals surface area contributed by atoms with Crippen molar-refractivity contribution in [3.05, 3.63) is 71.3 Å². The van der Waals surface area contributed by atoms with Crippen molar-refractivity contribution in [2.24, 2.45) is 0 Å². The smallest absolute Gasteiger partial charge is 0.123 e. The van der Waals surface area contributed by atoms with E-state index < -0.39 is 0 Å². The van der Waals surface area contributed by atoms with Crippen LogP contribution in [0.3, 0.4) is 0 Å². The van der Waals surface area contributed by atoms with Gasteiger partial charge in [-0.15, -0.1) is 0 Å². The van der Waals surface area contributed by atoms with Gasteiger partial charge in [0.05, 0.1) is 0 Å². The van der Waals surface area contributed by atoms with Crippen LogP contribution in [0.25, 0.3) is 0 Å². The summed E-state index contributed by atoms with van der Waals surface area (Å²) < 4.78 is 25.8. The van der Waals surface area contributed by atoms with E-state index in [0.29, 0.717) is 6.42 Å². The highest BCUT2D eigenvalue weighted by molar-refractivity contribution is 5.32. The van der Waals surface area contributed by atoms with Gasteiger partial charge in [0, 0.05) is 12.5 Å². The van der Waals surface area contributed by atoms with Crippen LogP contribution >= 0.6 is 0 Å². The molecule has 2 aromatic rings. The first-order valence-electron chi connectivity index (χ1n) is 5.82. The number of benzene rings is 2. The van der Waals surface area contributed by atoms with Crippen molar-refractivity contribution in [2.75, 3.05) is 6.61 Å². The van der Waals surface area contributed by atoms with Gasteiger partial charge in [-0.1, -0.05) is 24.3 Å². The van der Waals surface area contributed by atoms with Crippen LogP contribution in [0.2, 0.25) is 0 Å². The van der Waals surface area contributed by atoms with Gasteiger partial charge < -0.3 is 5.11 Å². The summed E-state index contributed by atoms with van der Waals surface area (Å²) in [5, 5.41) is 9.12. The highest BCUT2D eigenvalue weighted by Crippen LogP contribution is 2.28. The number of rotatable bonds is 4. The molecule has 0 unspecified atom stereocenters. The fourth-order valence-corrected chi connectivity index (χ4v) is 2.05. The van der Waals surface area contributed by atoms with Crippen LogP contribution in [0, 0.1) is 11.6 Å². The molecular formula is C15H14F2O. The SMILES string of the molecule is OCCC(c1ccc(F)cc1)c1ccc(F)cc1. The van der Waals surface area contributed by atoms with Gasteiger partial charge in [-0.05, 0) is 41.8 Å². The highest BCUT2D eigenvalue weighted by atomic mass is 19.1. The van der Waals surface area contributed by atoms with Crippen molar-refractivity contribution in [1.29, 1.82) is 0 Å². The summed E-state index contributed by atoms with van der Waals surface area (Å²) in [6, 6.07) is 12.3. The number of aliphatic hydroxyl groups excluding tert-OH is 1. The molecule has 1 nitrogen and oxygen atoms in total. The Morgan fingerprint density at radius 1 is 0.778 bits per heavy atom. The molecule has 0 aliphatic heterocycles. The molecule has 0 aliphatic carbocycles. The van der Waals surface area contributed by atoms with Gasteiger partial charge in [0.25, 0.3) is 0 Å². The van der Waals surface area contributed by atoms with E-state index >= 15 is 0 Å². The molecule has 1 N–H and O–H groups in total. The molecule has 0 heterocycles. The average molecular weight is 248 g/mol. The molecule has 0 fully saturated rings. The standard InChI is InChI=1S/C15H14F2O/c16-13-5-1-11(2-6-13)15(9-10-18)12-3-7-14(17)8-4-12/h1-8,15,18H,9-10H2. The monoisotopic (exact) mass is 248 g/mol. The van der Waals surface area contributed by atoms with Crippen LogP contribution in [-0.2, 0) is 0 Å². The van der Waals surface area contributed by atoms with Crippen molar-refractivity contribution in [3.63, 3.8) is 0 Å². The van der Waals surface area contributed by atoms with Crippen molar-refractivity contribution in [1.82, 2.24) is 0 Å².